The second-order valence-corrected chi connectivity index (χ2v) is 10.0. The topological polar surface area (TPSA) is 84.2 Å². The zero-order valence-electron chi connectivity index (χ0n) is 18.6. The smallest absolute Gasteiger partial charge is 0.243 e. The Hall–Kier alpha value is -2.78. The average Bonchev–Trinajstić information content (AvgIpc) is 3.03. The van der Waals surface area contributed by atoms with Gasteiger partial charge in [-0.2, -0.15) is 9.40 Å². The number of rotatable bonds is 4. The van der Waals surface area contributed by atoms with Crippen LogP contribution in [0.5, 0.6) is 0 Å². The number of hydrogen-bond acceptors (Lipinski definition) is 6. The second-order valence-electron chi connectivity index (χ2n) is 8.09. The maximum atomic E-state index is 13.0. The summed E-state index contributed by atoms with van der Waals surface area (Å²) in [6.07, 6.45) is 0. The Morgan fingerprint density at radius 2 is 1.45 bits per heavy atom. The van der Waals surface area contributed by atoms with Crippen LogP contribution in [0.4, 0.5) is 5.82 Å². The summed E-state index contributed by atoms with van der Waals surface area (Å²) in [4.78, 5) is 2.42. The monoisotopic (exact) mass is 440 g/mol. The van der Waals surface area contributed by atoms with Crippen LogP contribution in [0.15, 0.2) is 35.2 Å². The lowest BCUT2D eigenvalue weighted by atomic mass is 10.1. The Morgan fingerprint density at radius 3 is 2.00 bits per heavy atom. The SMILES string of the molecule is Cc1ccc(S(=O)(=O)N2CCN(c3ccc(-n4nc(C)c(C)c4C)nn3)CC2)cc1C. The molecule has 164 valence electrons. The molecule has 0 amide bonds. The zero-order chi connectivity index (χ0) is 22.3. The number of aryl methyl sites for hydroxylation is 3. The van der Waals surface area contributed by atoms with Crippen LogP contribution in [0.1, 0.15) is 28.1 Å². The summed E-state index contributed by atoms with van der Waals surface area (Å²) >= 11 is 0. The van der Waals surface area contributed by atoms with Gasteiger partial charge in [0.15, 0.2) is 11.6 Å². The van der Waals surface area contributed by atoms with E-state index in [0.29, 0.717) is 36.9 Å². The van der Waals surface area contributed by atoms with Crippen molar-refractivity contribution in [3.63, 3.8) is 0 Å². The number of piperazine rings is 1. The van der Waals surface area contributed by atoms with Crippen LogP contribution in [0, 0.1) is 34.6 Å². The Morgan fingerprint density at radius 1 is 0.806 bits per heavy atom. The van der Waals surface area contributed by atoms with E-state index in [4.69, 9.17) is 0 Å². The van der Waals surface area contributed by atoms with E-state index in [-0.39, 0.29) is 0 Å². The number of aromatic nitrogens is 4. The molecule has 1 fully saturated rings. The van der Waals surface area contributed by atoms with E-state index >= 15 is 0 Å². The summed E-state index contributed by atoms with van der Waals surface area (Å²) in [5.74, 6) is 1.42. The van der Waals surface area contributed by atoms with Gasteiger partial charge in [-0.25, -0.2) is 13.1 Å². The third-order valence-corrected chi connectivity index (χ3v) is 8.08. The number of benzene rings is 1. The van der Waals surface area contributed by atoms with Gasteiger partial charge in [-0.3, -0.25) is 0 Å². The molecule has 1 aromatic carbocycles. The van der Waals surface area contributed by atoms with Gasteiger partial charge in [0.2, 0.25) is 10.0 Å². The fourth-order valence-corrected chi connectivity index (χ4v) is 5.23. The first-order chi connectivity index (χ1) is 14.7. The van der Waals surface area contributed by atoms with Crippen molar-refractivity contribution in [2.75, 3.05) is 31.1 Å². The summed E-state index contributed by atoms with van der Waals surface area (Å²) in [6.45, 7) is 11.9. The van der Waals surface area contributed by atoms with Crippen molar-refractivity contribution >= 4 is 15.8 Å². The molecule has 0 spiro atoms. The van der Waals surface area contributed by atoms with Gasteiger partial charge >= 0.3 is 0 Å². The van der Waals surface area contributed by atoms with Crippen LogP contribution in [0.2, 0.25) is 0 Å². The molecule has 4 rings (SSSR count). The number of anilines is 1. The van der Waals surface area contributed by atoms with Gasteiger partial charge < -0.3 is 4.90 Å². The van der Waals surface area contributed by atoms with Crippen molar-refractivity contribution in [1.82, 2.24) is 24.3 Å². The molecular weight excluding hydrogens is 412 g/mol. The third kappa shape index (κ3) is 3.95. The minimum Gasteiger partial charge on any atom is -0.352 e. The van der Waals surface area contributed by atoms with Gasteiger partial charge in [-0.15, -0.1) is 10.2 Å². The minimum atomic E-state index is -3.50. The third-order valence-electron chi connectivity index (χ3n) is 6.19. The highest BCUT2D eigenvalue weighted by Gasteiger charge is 2.29. The van der Waals surface area contributed by atoms with Crippen molar-refractivity contribution in [2.24, 2.45) is 0 Å². The molecule has 2 aromatic heterocycles. The molecule has 1 aliphatic heterocycles. The van der Waals surface area contributed by atoms with Crippen molar-refractivity contribution in [2.45, 2.75) is 39.5 Å². The van der Waals surface area contributed by atoms with E-state index in [0.717, 1.165) is 33.9 Å². The fraction of sp³-hybridized carbons (Fsp3) is 0.409. The maximum absolute atomic E-state index is 13.0. The zero-order valence-corrected chi connectivity index (χ0v) is 19.4. The minimum absolute atomic E-state index is 0.355. The molecule has 1 saturated heterocycles. The Bertz CT molecular complexity index is 1210. The molecule has 3 heterocycles. The summed E-state index contributed by atoms with van der Waals surface area (Å²) < 4.78 is 29.4. The molecule has 0 radical (unpaired) electrons. The Kier molecular flexibility index (Phi) is 5.57. The van der Waals surface area contributed by atoms with E-state index in [9.17, 15) is 8.42 Å². The predicted molar refractivity (Wildman–Crippen MR) is 120 cm³/mol. The van der Waals surface area contributed by atoms with E-state index in [1.54, 1.807) is 21.1 Å². The molecule has 1 aliphatic rings. The van der Waals surface area contributed by atoms with Crippen molar-refractivity contribution in [3.05, 3.63) is 58.4 Å². The Labute approximate surface area is 183 Å². The largest absolute Gasteiger partial charge is 0.352 e. The lowest BCUT2D eigenvalue weighted by molar-refractivity contribution is 0.383. The van der Waals surface area contributed by atoms with Gasteiger partial charge in [0.1, 0.15) is 0 Å². The fourth-order valence-electron chi connectivity index (χ4n) is 3.72. The molecule has 31 heavy (non-hydrogen) atoms. The highest BCUT2D eigenvalue weighted by molar-refractivity contribution is 7.89. The van der Waals surface area contributed by atoms with Crippen LogP contribution < -0.4 is 4.90 Å². The lowest BCUT2D eigenvalue weighted by Crippen LogP contribution is -2.49. The lowest BCUT2D eigenvalue weighted by Gasteiger charge is -2.34. The van der Waals surface area contributed by atoms with E-state index in [1.807, 2.05) is 52.8 Å². The summed E-state index contributed by atoms with van der Waals surface area (Å²) in [5.41, 5.74) is 5.23. The maximum Gasteiger partial charge on any atom is 0.243 e. The van der Waals surface area contributed by atoms with Crippen molar-refractivity contribution in [3.8, 4) is 5.82 Å². The molecule has 0 atom stereocenters. The first-order valence-corrected chi connectivity index (χ1v) is 11.8. The van der Waals surface area contributed by atoms with Crippen LogP contribution in [-0.4, -0.2) is 58.9 Å². The van der Waals surface area contributed by atoms with Gasteiger partial charge in [0.25, 0.3) is 0 Å². The molecule has 3 aromatic rings. The first-order valence-electron chi connectivity index (χ1n) is 10.4. The number of sulfonamides is 1. The van der Waals surface area contributed by atoms with Gasteiger partial charge in [-0.1, -0.05) is 6.07 Å². The highest BCUT2D eigenvalue weighted by Crippen LogP contribution is 2.22. The van der Waals surface area contributed by atoms with E-state index in [2.05, 4.69) is 20.2 Å². The molecule has 0 bridgehead atoms. The summed E-state index contributed by atoms with van der Waals surface area (Å²) in [6, 6.07) is 9.12. The van der Waals surface area contributed by atoms with Crippen LogP contribution in [-0.2, 0) is 10.0 Å². The molecular formula is C22H28N6O2S. The summed E-state index contributed by atoms with van der Waals surface area (Å²) in [5, 5.41) is 13.2. The highest BCUT2D eigenvalue weighted by atomic mass is 32.2. The van der Waals surface area contributed by atoms with Crippen LogP contribution in [0.3, 0.4) is 0 Å². The van der Waals surface area contributed by atoms with Gasteiger partial charge in [0.05, 0.1) is 10.6 Å². The molecule has 9 heteroatoms. The second kappa shape index (κ2) is 8.05. The quantitative estimate of drug-likeness (QED) is 0.620. The molecule has 0 N–H and O–H groups in total. The average molecular weight is 441 g/mol. The number of nitrogens with zero attached hydrogens (tertiary/aromatic N) is 6. The Balaban J connectivity index is 1.46. The first kappa shape index (κ1) is 21.5. The van der Waals surface area contributed by atoms with Crippen molar-refractivity contribution in [1.29, 1.82) is 0 Å². The van der Waals surface area contributed by atoms with Crippen LogP contribution in [0.25, 0.3) is 5.82 Å². The molecule has 0 unspecified atom stereocenters. The van der Waals surface area contributed by atoms with Gasteiger partial charge in [0, 0.05) is 31.9 Å². The molecule has 0 aliphatic carbocycles. The molecule has 0 saturated carbocycles. The standard InChI is InChI=1S/C22H28N6O2S/c1-15-6-7-20(14-16(15)2)31(29,30)27-12-10-26(11-13-27)21-8-9-22(24-23-21)28-19(5)17(3)18(4)25-28/h6-9,14H,10-13H2,1-5H3. The van der Waals surface area contributed by atoms with E-state index < -0.39 is 10.0 Å². The summed E-state index contributed by atoms with van der Waals surface area (Å²) in [7, 11) is -3.50. The van der Waals surface area contributed by atoms with Crippen molar-refractivity contribution < 1.29 is 8.42 Å². The number of hydrogen-bond donors (Lipinski definition) is 0. The van der Waals surface area contributed by atoms with Crippen LogP contribution >= 0.6 is 0 Å². The van der Waals surface area contributed by atoms with E-state index in [1.165, 1.54) is 0 Å². The molecule has 8 nitrogen and oxygen atoms in total. The van der Waals surface area contributed by atoms with Gasteiger partial charge in [-0.05, 0) is 75.6 Å². The predicted octanol–water partition coefficient (Wildman–Crippen LogP) is 2.72. The normalized spacial score (nSPS) is 15.5.